The van der Waals surface area contributed by atoms with Crippen molar-refractivity contribution in [2.75, 3.05) is 0 Å². The predicted molar refractivity (Wildman–Crippen MR) is 224 cm³/mol. The van der Waals surface area contributed by atoms with Gasteiger partial charge in [0, 0.05) is 33.4 Å². The third-order valence-corrected chi connectivity index (χ3v) is 11.2. The summed E-state index contributed by atoms with van der Waals surface area (Å²) in [5, 5.41) is 0. The van der Waals surface area contributed by atoms with E-state index in [9.17, 15) is 0 Å². The summed E-state index contributed by atoms with van der Waals surface area (Å²) in [6.45, 7) is 0. The van der Waals surface area contributed by atoms with Gasteiger partial charge in [0.15, 0.2) is 17.5 Å². The number of hydrogen-bond acceptors (Lipinski definition) is 4. The van der Waals surface area contributed by atoms with Crippen molar-refractivity contribution in [1.29, 1.82) is 0 Å². The Labute approximate surface area is 325 Å². The fraction of sp³-hybridized carbons (Fsp3) is 0.0192. The highest BCUT2D eigenvalue weighted by molar-refractivity contribution is 5.90. The van der Waals surface area contributed by atoms with Crippen LogP contribution in [0.25, 0.3) is 67.5 Å². The fourth-order valence-electron chi connectivity index (χ4n) is 8.72. The van der Waals surface area contributed by atoms with Gasteiger partial charge in [-0.15, -0.1) is 0 Å². The summed E-state index contributed by atoms with van der Waals surface area (Å²) in [6.07, 6.45) is 0. The lowest BCUT2D eigenvalue weighted by atomic mass is 9.65. The SMILES string of the molecule is c1ccc(-c2nc(-c3ccccc3)nc(-c3cccc(-c4ccc(-c5cccc6c5Oc5ccccc5C65c6ccccc6-c6ccccc65)cc4)c3)n2)cc1. The van der Waals surface area contributed by atoms with E-state index in [-0.39, 0.29) is 0 Å². The van der Waals surface area contributed by atoms with Crippen molar-refractivity contribution in [3.05, 3.63) is 222 Å². The first-order valence-corrected chi connectivity index (χ1v) is 18.9. The molecular formula is C52H33N3O. The zero-order valence-corrected chi connectivity index (χ0v) is 30.3. The zero-order chi connectivity index (χ0) is 37.1. The Morgan fingerprint density at radius 1 is 0.304 bits per heavy atom. The van der Waals surface area contributed by atoms with E-state index in [1.807, 2.05) is 60.7 Å². The van der Waals surface area contributed by atoms with Gasteiger partial charge in [0.1, 0.15) is 11.5 Å². The lowest BCUT2D eigenvalue weighted by Crippen LogP contribution is -2.32. The number of para-hydroxylation sites is 2. The van der Waals surface area contributed by atoms with E-state index in [4.69, 9.17) is 19.7 Å². The molecule has 2 heterocycles. The molecule has 0 unspecified atom stereocenters. The highest BCUT2D eigenvalue weighted by Crippen LogP contribution is 2.63. The van der Waals surface area contributed by atoms with E-state index in [1.165, 1.54) is 27.8 Å². The molecule has 1 spiro atoms. The first-order chi connectivity index (χ1) is 27.8. The Hall–Kier alpha value is -7.43. The number of aromatic nitrogens is 3. The Kier molecular flexibility index (Phi) is 7.36. The lowest BCUT2D eigenvalue weighted by Gasteiger charge is -2.40. The Balaban J connectivity index is 1.000. The zero-order valence-electron chi connectivity index (χ0n) is 30.3. The molecule has 0 N–H and O–H groups in total. The second-order valence-corrected chi connectivity index (χ2v) is 14.3. The van der Waals surface area contributed by atoms with E-state index in [0.29, 0.717) is 17.5 Å². The number of hydrogen-bond donors (Lipinski definition) is 0. The average Bonchev–Trinajstić information content (AvgIpc) is 3.57. The van der Waals surface area contributed by atoms with Crippen LogP contribution < -0.4 is 4.74 Å². The van der Waals surface area contributed by atoms with Gasteiger partial charge >= 0.3 is 0 Å². The van der Waals surface area contributed by atoms with Crippen LogP contribution in [0.4, 0.5) is 0 Å². The van der Waals surface area contributed by atoms with Crippen molar-refractivity contribution in [3.63, 3.8) is 0 Å². The maximum atomic E-state index is 6.92. The first-order valence-electron chi connectivity index (χ1n) is 18.9. The predicted octanol–water partition coefficient (Wildman–Crippen LogP) is 12.7. The molecule has 11 rings (SSSR count). The van der Waals surface area contributed by atoms with Gasteiger partial charge in [-0.05, 0) is 51.1 Å². The molecule has 4 nitrogen and oxygen atoms in total. The number of rotatable bonds is 5. The molecule has 0 amide bonds. The van der Waals surface area contributed by atoms with Crippen LogP contribution in [0.3, 0.4) is 0 Å². The third kappa shape index (κ3) is 4.96. The van der Waals surface area contributed by atoms with Crippen LogP contribution in [-0.4, -0.2) is 15.0 Å². The molecule has 0 radical (unpaired) electrons. The Bertz CT molecular complexity index is 2840. The number of ether oxygens (including phenoxy) is 1. The second-order valence-electron chi connectivity index (χ2n) is 14.3. The minimum absolute atomic E-state index is 0.496. The van der Waals surface area contributed by atoms with Crippen LogP contribution in [-0.2, 0) is 5.41 Å². The average molecular weight is 716 g/mol. The Morgan fingerprint density at radius 3 is 1.39 bits per heavy atom. The summed E-state index contributed by atoms with van der Waals surface area (Å²) in [6, 6.07) is 70.2. The van der Waals surface area contributed by atoms with Crippen molar-refractivity contribution in [1.82, 2.24) is 15.0 Å². The Morgan fingerprint density at radius 2 is 0.750 bits per heavy atom. The summed E-state index contributed by atoms with van der Waals surface area (Å²) < 4.78 is 6.92. The highest BCUT2D eigenvalue weighted by atomic mass is 16.5. The first kappa shape index (κ1) is 32.0. The van der Waals surface area contributed by atoms with Gasteiger partial charge in [0.05, 0.1) is 5.41 Å². The molecule has 9 aromatic rings. The van der Waals surface area contributed by atoms with Crippen molar-refractivity contribution in [3.8, 4) is 79.0 Å². The normalized spacial score (nSPS) is 12.9. The molecule has 1 aliphatic carbocycles. The minimum atomic E-state index is -0.496. The number of benzene rings is 8. The maximum Gasteiger partial charge on any atom is 0.164 e. The largest absolute Gasteiger partial charge is 0.456 e. The molecule has 2 aliphatic rings. The molecule has 1 aliphatic heterocycles. The van der Waals surface area contributed by atoms with Gasteiger partial charge in [-0.2, -0.15) is 0 Å². The van der Waals surface area contributed by atoms with Gasteiger partial charge in [0.2, 0.25) is 0 Å². The molecule has 262 valence electrons. The van der Waals surface area contributed by atoms with Gasteiger partial charge in [-0.25, -0.2) is 15.0 Å². The molecule has 0 atom stereocenters. The van der Waals surface area contributed by atoms with Crippen molar-refractivity contribution in [2.45, 2.75) is 5.41 Å². The number of nitrogens with zero attached hydrogens (tertiary/aromatic N) is 3. The maximum absolute atomic E-state index is 6.92. The summed E-state index contributed by atoms with van der Waals surface area (Å²) in [7, 11) is 0. The molecule has 0 saturated heterocycles. The molecule has 0 bridgehead atoms. The topological polar surface area (TPSA) is 47.9 Å². The van der Waals surface area contributed by atoms with E-state index < -0.39 is 5.41 Å². The molecule has 0 saturated carbocycles. The molecule has 4 heteroatoms. The number of fused-ring (bicyclic) bond motifs is 9. The summed E-state index contributed by atoms with van der Waals surface area (Å²) in [4.78, 5) is 14.8. The van der Waals surface area contributed by atoms with Gasteiger partial charge < -0.3 is 4.74 Å². The van der Waals surface area contributed by atoms with Gasteiger partial charge in [0.25, 0.3) is 0 Å². The molecule has 1 aromatic heterocycles. The summed E-state index contributed by atoms with van der Waals surface area (Å²) >= 11 is 0. The molecule has 8 aromatic carbocycles. The van der Waals surface area contributed by atoms with E-state index >= 15 is 0 Å². The van der Waals surface area contributed by atoms with E-state index in [0.717, 1.165) is 56.0 Å². The van der Waals surface area contributed by atoms with Crippen LogP contribution in [0.1, 0.15) is 22.3 Å². The molecular weight excluding hydrogens is 683 g/mol. The van der Waals surface area contributed by atoms with Crippen LogP contribution in [0.2, 0.25) is 0 Å². The van der Waals surface area contributed by atoms with E-state index in [1.54, 1.807) is 0 Å². The lowest BCUT2D eigenvalue weighted by molar-refractivity contribution is 0.438. The fourth-order valence-corrected chi connectivity index (χ4v) is 8.72. The van der Waals surface area contributed by atoms with Crippen LogP contribution in [0.15, 0.2) is 200 Å². The summed E-state index contributed by atoms with van der Waals surface area (Å²) in [5.74, 6) is 3.70. The van der Waals surface area contributed by atoms with E-state index in [2.05, 4.69) is 140 Å². The van der Waals surface area contributed by atoms with Crippen molar-refractivity contribution in [2.24, 2.45) is 0 Å². The van der Waals surface area contributed by atoms with Crippen LogP contribution in [0.5, 0.6) is 11.5 Å². The quantitative estimate of drug-likeness (QED) is 0.178. The smallest absolute Gasteiger partial charge is 0.164 e. The van der Waals surface area contributed by atoms with Crippen molar-refractivity contribution >= 4 is 0 Å². The summed E-state index contributed by atoms with van der Waals surface area (Å²) in [5.41, 5.74) is 14.1. The van der Waals surface area contributed by atoms with Crippen LogP contribution >= 0.6 is 0 Å². The standard InChI is InChI=1S/C52H33N3O/c1-3-15-36(16-4-1)49-53-50(37-17-5-2-6-18-37)55-51(54-49)39-20-13-19-38(33-39)34-29-31-35(32-30-34)40-23-14-27-46-48(40)56-47-28-12-11-26-45(47)52(46)43-24-9-7-21-41(43)42-22-8-10-25-44(42)52/h1-33H. The molecule has 56 heavy (non-hydrogen) atoms. The highest BCUT2D eigenvalue weighted by Gasteiger charge is 2.51. The minimum Gasteiger partial charge on any atom is -0.456 e. The van der Waals surface area contributed by atoms with Gasteiger partial charge in [-0.3, -0.25) is 0 Å². The van der Waals surface area contributed by atoms with Crippen molar-refractivity contribution < 1.29 is 4.74 Å². The second kappa shape index (κ2) is 12.9. The molecule has 0 fully saturated rings. The third-order valence-electron chi connectivity index (χ3n) is 11.2. The van der Waals surface area contributed by atoms with Crippen LogP contribution in [0, 0.1) is 0 Å². The van der Waals surface area contributed by atoms with Gasteiger partial charge in [-0.1, -0.05) is 188 Å². The monoisotopic (exact) mass is 715 g/mol.